The molecule has 0 aliphatic rings. The van der Waals surface area contributed by atoms with Crippen LogP contribution in [0.25, 0.3) is 0 Å². The highest BCUT2D eigenvalue weighted by atomic mass is 35.5. The normalized spacial score (nSPS) is 10.1. The second-order valence-electron chi connectivity index (χ2n) is 4.56. The first kappa shape index (κ1) is 15.9. The van der Waals surface area contributed by atoms with Crippen LogP contribution in [0.3, 0.4) is 0 Å². The highest BCUT2D eigenvalue weighted by Gasteiger charge is 2.13. The Bertz CT molecular complexity index is 697. The molecule has 0 saturated heterocycles. The predicted octanol–water partition coefficient (Wildman–Crippen LogP) is 2.78. The minimum Gasteiger partial charge on any atom is -0.495 e. The Labute approximate surface area is 132 Å². The van der Waals surface area contributed by atoms with Gasteiger partial charge in [0.2, 0.25) is 0 Å². The summed E-state index contributed by atoms with van der Waals surface area (Å²) >= 11 is 5.69. The van der Waals surface area contributed by atoms with Gasteiger partial charge < -0.3 is 19.8 Å². The number of anilines is 1. The number of rotatable bonds is 5. The van der Waals surface area contributed by atoms with Gasteiger partial charge in [-0.3, -0.25) is 4.79 Å². The van der Waals surface area contributed by atoms with Crippen molar-refractivity contribution in [1.82, 2.24) is 4.98 Å². The van der Waals surface area contributed by atoms with Gasteiger partial charge in [0, 0.05) is 6.20 Å². The summed E-state index contributed by atoms with van der Waals surface area (Å²) in [7, 11) is 1.51. The standard InChI is InChI=1S/C15H15ClN2O4/c1-9-3-4-13(21-2)11(5-9)18-14(19)8-22-15(20)12-6-10(16)7-17-12/h3-7,17H,8H2,1-2H3,(H,18,19). The number of esters is 1. The van der Waals surface area contributed by atoms with Crippen molar-refractivity contribution in [3.8, 4) is 5.75 Å². The molecule has 1 amide bonds. The number of aromatic nitrogens is 1. The van der Waals surface area contributed by atoms with Crippen LogP contribution in [0.1, 0.15) is 16.1 Å². The van der Waals surface area contributed by atoms with Gasteiger partial charge in [-0.15, -0.1) is 0 Å². The molecule has 1 aromatic carbocycles. The number of aryl methyl sites for hydroxylation is 1. The van der Waals surface area contributed by atoms with E-state index in [4.69, 9.17) is 21.1 Å². The van der Waals surface area contributed by atoms with Gasteiger partial charge in [0.25, 0.3) is 5.91 Å². The lowest BCUT2D eigenvalue weighted by Gasteiger charge is -2.11. The molecular weight excluding hydrogens is 308 g/mol. The zero-order chi connectivity index (χ0) is 16.1. The molecule has 0 bridgehead atoms. The summed E-state index contributed by atoms with van der Waals surface area (Å²) in [4.78, 5) is 26.2. The quantitative estimate of drug-likeness (QED) is 0.829. The molecule has 6 nitrogen and oxygen atoms in total. The van der Waals surface area contributed by atoms with E-state index in [-0.39, 0.29) is 5.69 Å². The van der Waals surface area contributed by atoms with Gasteiger partial charge in [0.05, 0.1) is 17.8 Å². The van der Waals surface area contributed by atoms with Crippen LogP contribution in [0.4, 0.5) is 5.69 Å². The molecule has 0 radical (unpaired) electrons. The van der Waals surface area contributed by atoms with Crippen LogP contribution in [0, 0.1) is 6.92 Å². The molecule has 116 valence electrons. The largest absolute Gasteiger partial charge is 0.495 e. The number of nitrogens with one attached hydrogen (secondary N) is 2. The fraction of sp³-hybridized carbons (Fsp3) is 0.200. The van der Waals surface area contributed by atoms with Gasteiger partial charge in [0.1, 0.15) is 11.4 Å². The number of hydrogen-bond acceptors (Lipinski definition) is 4. The molecule has 1 aromatic heterocycles. The average Bonchev–Trinajstić information content (AvgIpc) is 2.92. The van der Waals surface area contributed by atoms with E-state index in [1.807, 2.05) is 13.0 Å². The van der Waals surface area contributed by atoms with E-state index in [1.165, 1.54) is 19.4 Å². The summed E-state index contributed by atoms with van der Waals surface area (Å²) in [6, 6.07) is 6.80. The summed E-state index contributed by atoms with van der Waals surface area (Å²) in [5, 5.41) is 3.03. The van der Waals surface area contributed by atoms with Crippen molar-refractivity contribution in [1.29, 1.82) is 0 Å². The predicted molar refractivity (Wildman–Crippen MR) is 82.4 cm³/mol. The van der Waals surface area contributed by atoms with Crippen molar-refractivity contribution in [2.24, 2.45) is 0 Å². The number of ether oxygens (including phenoxy) is 2. The first-order valence-corrected chi connectivity index (χ1v) is 6.83. The van der Waals surface area contributed by atoms with Crippen molar-refractivity contribution >= 4 is 29.2 Å². The van der Waals surface area contributed by atoms with E-state index in [9.17, 15) is 9.59 Å². The Morgan fingerprint density at radius 3 is 2.73 bits per heavy atom. The number of carbonyl (C=O) groups excluding carboxylic acids is 2. The molecule has 2 rings (SSSR count). The highest BCUT2D eigenvalue weighted by Crippen LogP contribution is 2.25. The van der Waals surface area contributed by atoms with E-state index >= 15 is 0 Å². The molecule has 0 fully saturated rings. The minimum atomic E-state index is -0.654. The van der Waals surface area contributed by atoms with Crippen molar-refractivity contribution in [2.45, 2.75) is 6.92 Å². The molecule has 1 heterocycles. The number of hydrogen-bond donors (Lipinski definition) is 2. The third-order valence-electron chi connectivity index (χ3n) is 2.83. The summed E-state index contributed by atoms with van der Waals surface area (Å²) in [6.07, 6.45) is 1.45. The molecule has 0 aliphatic heterocycles. The number of aromatic amines is 1. The lowest BCUT2D eigenvalue weighted by Crippen LogP contribution is -2.21. The summed E-state index contributed by atoms with van der Waals surface area (Å²) < 4.78 is 10.1. The number of methoxy groups -OCH3 is 1. The van der Waals surface area contributed by atoms with Crippen LogP contribution in [-0.2, 0) is 9.53 Å². The Kier molecular flexibility index (Phi) is 5.06. The zero-order valence-corrected chi connectivity index (χ0v) is 12.9. The Morgan fingerprint density at radius 1 is 1.32 bits per heavy atom. The number of halogens is 1. The van der Waals surface area contributed by atoms with E-state index in [2.05, 4.69) is 10.3 Å². The van der Waals surface area contributed by atoms with Crippen LogP contribution in [0.5, 0.6) is 5.75 Å². The van der Waals surface area contributed by atoms with Crippen molar-refractivity contribution in [3.63, 3.8) is 0 Å². The van der Waals surface area contributed by atoms with Crippen LogP contribution in [0.2, 0.25) is 5.02 Å². The molecule has 7 heteroatoms. The van der Waals surface area contributed by atoms with Crippen molar-refractivity contribution < 1.29 is 19.1 Å². The van der Waals surface area contributed by atoms with Crippen LogP contribution in [0.15, 0.2) is 30.5 Å². The molecule has 0 saturated carbocycles. The summed E-state index contributed by atoms with van der Waals surface area (Å²) in [6.45, 7) is 1.48. The van der Waals surface area contributed by atoms with Gasteiger partial charge in [-0.2, -0.15) is 0 Å². The minimum absolute atomic E-state index is 0.186. The number of benzene rings is 1. The lowest BCUT2D eigenvalue weighted by atomic mass is 10.2. The van der Waals surface area contributed by atoms with Crippen molar-refractivity contribution in [2.75, 3.05) is 19.0 Å². The first-order valence-electron chi connectivity index (χ1n) is 6.45. The molecule has 0 atom stereocenters. The van der Waals surface area contributed by atoms with E-state index < -0.39 is 18.5 Å². The van der Waals surface area contributed by atoms with Crippen LogP contribution in [-0.4, -0.2) is 30.6 Å². The number of amides is 1. The maximum Gasteiger partial charge on any atom is 0.355 e. The van der Waals surface area contributed by atoms with E-state index in [1.54, 1.807) is 12.1 Å². The molecule has 2 N–H and O–H groups in total. The molecule has 0 spiro atoms. The second kappa shape index (κ2) is 7.00. The lowest BCUT2D eigenvalue weighted by molar-refractivity contribution is -0.119. The number of H-pyrrole nitrogens is 1. The fourth-order valence-corrected chi connectivity index (χ4v) is 1.96. The number of carbonyl (C=O) groups is 2. The molecule has 0 aliphatic carbocycles. The highest BCUT2D eigenvalue weighted by molar-refractivity contribution is 6.30. The molecule has 22 heavy (non-hydrogen) atoms. The smallest absolute Gasteiger partial charge is 0.355 e. The maximum atomic E-state index is 11.9. The molecule has 0 unspecified atom stereocenters. The topological polar surface area (TPSA) is 80.4 Å². The monoisotopic (exact) mass is 322 g/mol. The van der Waals surface area contributed by atoms with Gasteiger partial charge in [0.15, 0.2) is 6.61 Å². The molecular formula is C15H15ClN2O4. The summed E-state index contributed by atoms with van der Waals surface area (Å²) in [5.41, 5.74) is 1.67. The van der Waals surface area contributed by atoms with Crippen molar-refractivity contribution in [3.05, 3.63) is 46.7 Å². The Balaban J connectivity index is 1.93. The maximum absolute atomic E-state index is 11.9. The third-order valence-corrected chi connectivity index (χ3v) is 3.05. The van der Waals surface area contributed by atoms with Gasteiger partial charge in [-0.25, -0.2) is 4.79 Å². The molecule has 2 aromatic rings. The van der Waals surface area contributed by atoms with E-state index in [0.717, 1.165) is 5.56 Å². The van der Waals surface area contributed by atoms with Crippen LogP contribution < -0.4 is 10.1 Å². The SMILES string of the molecule is COc1ccc(C)cc1NC(=O)COC(=O)c1cc(Cl)c[nH]1. The fourth-order valence-electron chi connectivity index (χ4n) is 1.80. The Hall–Kier alpha value is -2.47. The summed E-state index contributed by atoms with van der Waals surface area (Å²) in [5.74, 6) is -0.588. The van der Waals surface area contributed by atoms with Gasteiger partial charge in [-0.05, 0) is 30.7 Å². The zero-order valence-electron chi connectivity index (χ0n) is 12.1. The first-order chi connectivity index (χ1) is 10.5. The van der Waals surface area contributed by atoms with Gasteiger partial charge in [-0.1, -0.05) is 17.7 Å². The van der Waals surface area contributed by atoms with Gasteiger partial charge >= 0.3 is 5.97 Å². The average molecular weight is 323 g/mol. The van der Waals surface area contributed by atoms with Crippen LogP contribution >= 0.6 is 11.6 Å². The Morgan fingerprint density at radius 2 is 2.09 bits per heavy atom. The second-order valence-corrected chi connectivity index (χ2v) is 5.00. The third kappa shape index (κ3) is 4.02. The van der Waals surface area contributed by atoms with E-state index in [0.29, 0.717) is 16.5 Å².